The van der Waals surface area contributed by atoms with E-state index in [0.717, 1.165) is 11.8 Å². The van der Waals surface area contributed by atoms with Crippen molar-refractivity contribution in [3.8, 4) is 5.75 Å². The van der Waals surface area contributed by atoms with Gasteiger partial charge in [0.05, 0.1) is 23.5 Å². The van der Waals surface area contributed by atoms with Gasteiger partial charge >= 0.3 is 6.61 Å². The molecule has 0 aliphatic rings. The second-order valence-corrected chi connectivity index (χ2v) is 7.12. The number of halogens is 2. The van der Waals surface area contributed by atoms with Gasteiger partial charge in [0.25, 0.3) is 11.8 Å². The Morgan fingerprint density at radius 3 is 2.41 bits per heavy atom. The van der Waals surface area contributed by atoms with Gasteiger partial charge < -0.3 is 20.2 Å². The number of nitrogens with zero attached hydrogens (tertiary/aromatic N) is 1. The molecule has 3 rings (SSSR count). The topological polar surface area (TPSA) is 89.0 Å². The van der Waals surface area contributed by atoms with Gasteiger partial charge in [-0.1, -0.05) is 59.8 Å². The highest BCUT2D eigenvalue weighted by molar-refractivity contribution is 6.04. The zero-order valence-electron chi connectivity index (χ0n) is 18.3. The molecule has 0 aliphatic heterocycles. The molecule has 2 N–H and O–H groups in total. The minimum Gasteiger partial charge on any atom is -0.434 e. The molecule has 0 spiro atoms. The maximum absolute atomic E-state index is 12.8. The van der Waals surface area contributed by atoms with Crippen molar-refractivity contribution in [3.05, 3.63) is 95.6 Å². The number of para-hydroxylation sites is 2. The number of anilines is 1. The lowest BCUT2D eigenvalue weighted by Gasteiger charge is -2.16. The Bertz CT molecular complexity index is 1140. The molecule has 0 saturated carbocycles. The van der Waals surface area contributed by atoms with E-state index in [4.69, 9.17) is 4.84 Å². The first-order valence-corrected chi connectivity index (χ1v) is 10.4. The Balaban J connectivity index is 1.57. The number of rotatable bonds is 10. The van der Waals surface area contributed by atoms with E-state index in [-0.39, 0.29) is 23.3 Å². The summed E-state index contributed by atoms with van der Waals surface area (Å²) in [5.74, 6) is -0.966. The molecule has 0 bridgehead atoms. The number of ether oxygens (including phenoxy) is 1. The van der Waals surface area contributed by atoms with Crippen LogP contribution in [0.15, 0.2) is 84.0 Å². The van der Waals surface area contributed by atoms with Gasteiger partial charge in [-0.05, 0) is 36.8 Å². The van der Waals surface area contributed by atoms with Crippen LogP contribution in [0.2, 0.25) is 0 Å². The smallest absolute Gasteiger partial charge is 0.387 e. The average molecular weight is 467 g/mol. The number of hydrogen-bond acceptors (Lipinski definition) is 5. The fraction of sp³-hybridized carbons (Fsp3) is 0.160. The maximum Gasteiger partial charge on any atom is 0.387 e. The average Bonchev–Trinajstić information content (AvgIpc) is 2.83. The normalized spacial score (nSPS) is 11.8. The standard InChI is InChI=1S/C25H23F2N3O4/c1-17(18-9-3-2-4-10-18)29-24(32)20-12-6-7-13-21(20)30-23(31)16-33-28-15-19-11-5-8-14-22(19)34-25(26)27/h2-15,17,25H,16H2,1H3,(H,29,32)(H,30,31)/b28-15+. The van der Waals surface area contributed by atoms with Gasteiger partial charge in [0.2, 0.25) is 0 Å². The third-order valence-electron chi connectivity index (χ3n) is 4.69. The number of carbonyl (C=O) groups excluding carboxylic acids is 2. The predicted molar refractivity (Wildman–Crippen MR) is 124 cm³/mol. The van der Waals surface area contributed by atoms with Crippen molar-refractivity contribution < 1.29 is 27.9 Å². The molecule has 9 heteroatoms. The van der Waals surface area contributed by atoms with E-state index in [2.05, 4.69) is 20.5 Å². The van der Waals surface area contributed by atoms with Gasteiger partial charge in [0.1, 0.15) is 5.75 Å². The molecule has 0 aromatic heterocycles. The number of hydrogen-bond donors (Lipinski definition) is 2. The Morgan fingerprint density at radius 2 is 1.65 bits per heavy atom. The molecule has 0 fully saturated rings. The molecular formula is C25H23F2N3O4. The molecule has 7 nitrogen and oxygen atoms in total. The van der Waals surface area contributed by atoms with E-state index in [9.17, 15) is 18.4 Å². The van der Waals surface area contributed by atoms with Crippen LogP contribution < -0.4 is 15.4 Å². The van der Waals surface area contributed by atoms with Crippen LogP contribution in [0, 0.1) is 0 Å². The molecule has 3 aromatic carbocycles. The second kappa shape index (κ2) is 12.1. The summed E-state index contributed by atoms with van der Waals surface area (Å²) in [6.45, 7) is -1.57. The van der Waals surface area contributed by atoms with Crippen LogP contribution in [0.1, 0.15) is 34.5 Å². The van der Waals surface area contributed by atoms with Crippen molar-refractivity contribution in [1.29, 1.82) is 0 Å². The molecule has 3 aromatic rings. The molecule has 1 atom stereocenters. The summed E-state index contributed by atoms with van der Waals surface area (Å²) >= 11 is 0. The van der Waals surface area contributed by atoms with E-state index in [0.29, 0.717) is 11.3 Å². The van der Waals surface area contributed by atoms with E-state index < -0.39 is 19.1 Å². The van der Waals surface area contributed by atoms with Crippen LogP contribution >= 0.6 is 0 Å². The van der Waals surface area contributed by atoms with Crippen LogP contribution in [0.25, 0.3) is 0 Å². The van der Waals surface area contributed by atoms with Crippen LogP contribution in [-0.2, 0) is 9.63 Å². The van der Waals surface area contributed by atoms with Crippen molar-refractivity contribution in [2.24, 2.45) is 5.16 Å². The van der Waals surface area contributed by atoms with Gasteiger partial charge in [-0.25, -0.2) is 0 Å². The molecule has 0 heterocycles. The lowest BCUT2D eigenvalue weighted by Crippen LogP contribution is -2.28. The predicted octanol–water partition coefficient (Wildman–Crippen LogP) is 4.77. The molecular weight excluding hydrogens is 444 g/mol. The van der Waals surface area contributed by atoms with Crippen molar-refractivity contribution in [3.63, 3.8) is 0 Å². The summed E-state index contributed by atoms with van der Waals surface area (Å²) in [5.41, 5.74) is 1.82. The van der Waals surface area contributed by atoms with E-state index in [1.807, 2.05) is 37.3 Å². The van der Waals surface area contributed by atoms with Gasteiger partial charge in [-0.2, -0.15) is 8.78 Å². The first-order valence-electron chi connectivity index (χ1n) is 10.4. The highest BCUT2D eigenvalue weighted by Gasteiger charge is 2.16. The summed E-state index contributed by atoms with van der Waals surface area (Å²) in [6.07, 6.45) is 1.16. The molecule has 2 amide bonds. The fourth-order valence-corrected chi connectivity index (χ4v) is 3.06. The molecule has 0 aliphatic carbocycles. The van der Waals surface area contributed by atoms with E-state index in [1.54, 1.807) is 30.3 Å². The number of oxime groups is 1. The summed E-state index contributed by atoms with van der Waals surface area (Å²) in [4.78, 5) is 30.0. The third-order valence-corrected chi connectivity index (χ3v) is 4.69. The maximum atomic E-state index is 12.8. The molecule has 1 unspecified atom stereocenters. The lowest BCUT2D eigenvalue weighted by atomic mass is 10.1. The molecule has 34 heavy (non-hydrogen) atoms. The Morgan fingerprint density at radius 1 is 0.971 bits per heavy atom. The second-order valence-electron chi connectivity index (χ2n) is 7.12. The fourth-order valence-electron chi connectivity index (χ4n) is 3.06. The minimum atomic E-state index is -2.98. The summed E-state index contributed by atoms with van der Waals surface area (Å²) < 4.78 is 29.3. The van der Waals surface area contributed by atoms with Gasteiger partial charge in [-0.15, -0.1) is 0 Å². The highest BCUT2D eigenvalue weighted by atomic mass is 19.3. The van der Waals surface area contributed by atoms with Crippen molar-refractivity contribution >= 4 is 23.7 Å². The third kappa shape index (κ3) is 7.13. The van der Waals surface area contributed by atoms with Gasteiger partial charge in [-0.3, -0.25) is 9.59 Å². The molecule has 0 saturated heterocycles. The Kier molecular flexibility index (Phi) is 8.67. The number of amides is 2. The van der Waals surface area contributed by atoms with Gasteiger partial charge in [0, 0.05) is 5.56 Å². The SMILES string of the molecule is CC(NC(=O)c1ccccc1NC(=O)CO/N=C/c1ccccc1OC(F)F)c1ccccc1. The lowest BCUT2D eigenvalue weighted by molar-refractivity contribution is -0.120. The van der Waals surface area contributed by atoms with Crippen LogP contribution in [0.5, 0.6) is 5.75 Å². The Hall–Kier alpha value is -4.27. The first-order chi connectivity index (χ1) is 16.4. The zero-order valence-corrected chi connectivity index (χ0v) is 18.3. The van der Waals surface area contributed by atoms with Crippen LogP contribution in [0.4, 0.5) is 14.5 Å². The van der Waals surface area contributed by atoms with Crippen molar-refractivity contribution in [2.45, 2.75) is 19.6 Å². The number of alkyl halides is 2. The Labute approximate surface area is 195 Å². The number of nitrogens with one attached hydrogen (secondary N) is 2. The highest BCUT2D eigenvalue weighted by Crippen LogP contribution is 2.19. The van der Waals surface area contributed by atoms with E-state index >= 15 is 0 Å². The van der Waals surface area contributed by atoms with E-state index in [1.165, 1.54) is 18.2 Å². The van der Waals surface area contributed by atoms with Crippen molar-refractivity contribution in [2.75, 3.05) is 11.9 Å². The van der Waals surface area contributed by atoms with Crippen LogP contribution in [0.3, 0.4) is 0 Å². The summed E-state index contributed by atoms with van der Waals surface area (Å²) in [6, 6.07) is 21.9. The summed E-state index contributed by atoms with van der Waals surface area (Å²) in [7, 11) is 0. The largest absolute Gasteiger partial charge is 0.434 e. The molecule has 176 valence electrons. The van der Waals surface area contributed by atoms with Crippen LogP contribution in [-0.4, -0.2) is 31.2 Å². The molecule has 0 radical (unpaired) electrons. The number of carbonyl (C=O) groups is 2. The first kappa shape index (κ1) is 24.4. The summed E-state index contributed by atoms with van der Waals surface area (Å²) in [5, 5.41) is 9.15. The monoisotopic (exact) mass is 467 g/mol. The van der Waals surface area contributed by atoms with Crippen molar-refractivity contribution in [1.82, 2.24) is 5.32 Å². The quantitative estimate of drug-likeness (QED) is 0.332. The zero-order chi connectivity index (χ0) is 24.3. The van der Waals surface area contributed by atoms with Gasteiger partial charge in [0.15, 0.2) is 6.61 Å². The number of benzene rings is 3. The minimum absolute atomic E-state index is 0.0704.